The molecule has 0 bridgehead atoms. The van der Waals surface area contributed by atoms with Gasteiger partial charge in [0.25, 0.3) is 5.91 Å². The molecule has 0 fully saturated rings. The Bertz CT molecular complexity index is 566. The minimum Gasteiger partial charge on any atom is -0.399 e. The van der Waals surface area contributed by atoms with Crippen LogP contribution in [0, 0.1) is 6.92 Å². The first-order chi connectivity index (χ1) is 8.06. The Morgan fingerprint density at radius 2 is 2.24 bits per heavy atom. The average molecular weight is 296 g/mol. The van der Waals surface area contributed by atoms with E-state index in [2.05, 4.69) is 26.4 Å². The van der Waals surface area contributed by atoms with Gasteiger partial charge >= 0.3 is 0 Å². The Balaban J connectivity index is 2.18. The quantitative estimate of drug-likeness (QED) is 0.835. The summed E-state index contributed by atoms with van der Waals surface area (Å²) >= 11 is 3.31. The van der Waals surface area contributed by atoms with Crippen LogP contribution < -0.4 is 11.1 Å². The molecule has 2 aromatic rings. The smallest absolute Gasteiger partial charge is 0.277 e. The van der Waals surface area contributed by atoms with Crippen molar-refractivity contribution in [3.05, 3.63) is 40.2 Å². The number of aryl methyl sites for hydroxylation is 1. The molecule has 2 rings (SSSR count). The molecule has 0 aliphatic rings. The SMILES string of the molecule is Cc1cc(C(=O)Nc2ccc(N)cc2Br)no1. The third kappa shape index (κ3) is 2.65. The van der Waals surface area contributed by atoms with Gasteiger partial charge in [-0.15, -0.1) is 0 Å². The third-order valence-electron chi connectivity index (χ3n) is 2.10. The molecule has 0 saturated carbocycles. The fourth-order valence-electron chi connectivity index (χ4n) is 1.29. The second-order valence-corrected chi connectivity index (χ2v) is 4.37. The number of nitrogens with one attached hydrogen (secondary N) is 1. The highest BCUT2D eigenvalue weighted by atomic mass is 79.9. The average Bonchev–Trinajstić information content (AvgIpc) is 2.69. The van der Waals surface area contributed by atoms with Gasteiger partial charge < -0.3 is 15.6 Å². The number of aromatic nitrogens is 1. The van der Waals surface area contributed by atoms with E-state index in [1.807, 2.05) is 0 Å². The molecular formula is C11H10BrN3O2. The first kappa shape index (κ1) is 11.7. The summed E-state index contributed by atoms with van der Waals surface area (Å²) in [7, 11) is 0. The summed E-state index contributed by atoms with van der Waals surface area (Å²) in [6, 6.07) is 6.70. The monoisotopic (exact) mass is 295 g/mol. The molecule has 1 aromatic carbocycles. The van der Waals surface area contributed by atoms with E-state index in [0.29, 0.717) is 21.6 Å². The molecule has 6 heteroatoms. The van der Waals surface area contributed by atoms with E-state index in [9.17, 15) is 4.79 Å². The molecule has 88 valence electrons. The molecule has 1 heterocycles. The zero-order valence-electron chi connectivity index (χ0n) is 9.03. The van der Waals surface area contributed by atoms with E-state index in [0.717, 1.165) is 0 Å². The maximum absolute atomic E-state index is 11.8. The van der Waals surface area contributed by atoms with Crippen LogP contribution in [0.1, 0.15) is 16.2 Å². The largest absolute Gasteiger partial charge is 0.399 e. The molecule has 0 radical (unpaired) electrons. The standard InChI is InChI=1S/C11H10BrN3O2/c1-6-4-10(15-17-6)11(16)14-9-3-2-7(13)5-8(9)12/h2-5H,13H2,1H3,(H,14,16). The Labute approximate surface area is 106 Å². The van der Waals surface area contributed by atoms with Crippen molar-refractivity contribution in [2.45, 2.75) is 6.92 Å². The second kappa shape index (κ2) is 4.58. The molecule has 17 heavy (non-hydrogen) atoms. The summed E-state index contributed by atoms with van der Waals surface area (Å²) in [5, 5.41) is 6.34. The van der Waals surface area contributed by atoms with Crippen LogP contribution in [0.4, 0.5) is 11.4 Å². The summed E-state index contributed by atoms with van der Waals surface area (Å²) in [5.41, 5.74) is 7.09. The molecule has 0 spiro atoms. The summed E-state index contributed by atoms with van der Waals surface area (Å²) in [6.45, 7) is 1.73. The number of nitrogens with two attached hydrogens (primary N) is 1. The maximum Gasteiger partial charge on any atom is 0.277 e. The van der Waals surface area contributed by atoms with Gasteiger partial charge in [0, 0.05) is 16.2 Å². The first-order valence-electron chi connectivity index (χ1n) is 4.86. The van der Waals surface area contributed by atoms with Gasteiger partial charge in [-0.3, -0.25) is 4.79 Å². The first-order valence-corrected chi connectivity index (χ1v) is 5.65. The van der Waals surface area contributed by atoms with E-state index in [4.69, 9.17) is 10.3 Å². The number of benzene rings is 1. The van der Waals surface area contributed by atoms with Crippen molar-refractivity contribution in [2.75, 3.05) is 11.1 Å². The third-order valence-corrected chi connectivity index (χ3v) is 2.76. The number of carbonyl (C=O) groups excluding carboxylic acids is 1. The van der Waals surface area contributed by atoms with Crippen molar-refractivity contribution in [1.82, 2.24) is 5.16 Å². The Morgan fingerprint density at radius 1 is 1.47 bits per heavy atom. The molecule has 5 nitrogen and oxygen atoms in total. The Morgan fingerprint density at radius 3 is 2.82 bits per heavy atom. The molecule has 3 N–H and O–H groups in total. The fourth-order valence-corrected chi connectivity index (χ4v) is 1.79. The molecule has 0 saturated heterocycles. The molecule has 1 aromatic heterocycles. The molecule has 0 aliphatic heterocycles. The van der Waals surface area contributed by atoms with Crippen molar-refractivity contribution in [3.8, 4) is 0 Å². The van der Waals surface area contributed by atoms with E-state index in [1.54, 1.807) is 31.2 Å². The Hall–Kier alpha value is -1.82. The number of rotatable bonds is 2. The predicted octanol–water partition coefficient (Wildman–Crippen LogP) is 2.58. The van der Waals surface area contributed by atoms with Crippen LogP contribution in [0.25, 0.3) is 0 Å². The van der Waals surface area contributed by atoms with Gasteiger partial charge in [0.2, 0.25) is 0 Å². The predicted molar refractivity (Wildman–Crippen MR) is 67.7 cm³/mol. The number of amides is 1. The summed E-state index contributed by atoms with van der Waals surface area (Å²) in [4.78, 5) is 11.8. The number of nitrogen functional groups attached to an aromatic ring is 1. The minimum absolute atomic E-state index is 0.242. The van der Waals surface area contributed by atoms with Crippen molar-refractivity contribution in [2.24, 2.45) is 0 Å². The zero-order chi connectivity index (χ0) is 12.4. The lowest BCUT2D eigenvalue weighted by molar-refractivity contribution is 0.101. The number of hydrogen-bond acceptors (Lipinski definition) is 4. The van der Waals surface area contributed by atoms with Crippen molar-refractivity contribution >= 4 is 33.2 Å². The van der Waals surface area contributed by atoms with Crippen LogP contribution in [0.15, 0.2) is 33.3 Å². The van der Waals surface area contributed by atoms with Crippen LogP contribution >= 0.6 is 15.9 Å². The lowest BCUT2D eigenvalue weighted by atomic mass is 10.2. The van der Waals surface area contributed by atoms with E-state index >= 15 is 0 Å². The summed E-state index contributed by atoms with van der Waals surface area (Å²) in [6.07, 6.45) is 0. The zero-order valence-corrected chi connectivity index (χ0v) is 10.6. The van der Waals surface area contributed by atoms with Crippen LogP contribution in [0.2, 0.25) is 0 Å². The van der Waals surface area contributed by atoms with Crippen molar-refractivity contribution in [1.29, 1.82) is 0 Å². The van der Waals surface area contributed by atoms with Gasteiger partial charge in [-0.25, -0.2) is 0 Å². The molecule has 0 atom stereocenters. The van der Waals surface area contributed by atoms with Crippen LogP contribution in [0.5, 0.6) is 0 Å². The highest BCUT2D eigenvalue weighted by Gasteiger charge is 2.12. The number of carbonyl (C=O) groups is 1. The van der Waals surface area contributed by atoms with E-state index in [1.165, 1.54) is 0 Å². The van der Waals surface area contributed by atoms with Gasteiger partial charge in [0.05, 0.1) is 5.69 Å². The van der Waals surface area contributed by atoms with E-state index in [-0.39, 0.29) is 11.6 Å². The van der Waals surface area contributed by atoms with Gasteiger partial charge in [0.1, 0.15) is 5.76 Å². The van der Waals surface area contributed by atoms with Crippen LogP contribution in [-0.2, 0) is 0 Å². The number of nitrogens with zero attached hydrogens (tertiary/aromatic N) is 1. The van der Waals surface area contributed by atoms with Crippen LogP contribution in [0.3, 0.4) is 0 Å². The van der Waals surface area contributed by atoms with Crippen molar-refractivity contribution < 1.29 is 9.32 Å². The van der Waals surface area contributed by atoms with Crippen molar-refractivity contribution in [3.63, 3.8) is 0 Å². The lowest BCUT2D eigenvalue weighted by Crippen LogP contribution is -2.12. The fraction of sp³-hybridized carbons (Fsp3) is 0.0909. The number of halogens is 1. The normalized spacial score (nSPS) is 10.2. The Kier molecular flexibility index (Phi) is 3.14. The molecular weight excluding hydrogens is 286 g/mol. The maximum atomic E-state index is 11.8. The summed E-state index contributed by atoms with van der Waals surface area (Å²) < 4.78 is 5.54. The van der Waals surface area contributed by atoms with E-state index < -0.39 is 0 Å². The van der Waals surface area contributed by atoms with Crippen LogP contribution in [-0.4, -0.2) is 11.1 Å². The highest BCUT2D eigenvalue weighted by Crippen LogP contribution is 2.25. The second-order valence-electron chi connectivity index (χ2n) is 3.52. The lowest BCUT2D eigenvalue weighted by Gasteiger charge is -2.05. The van der Waals surface area contributed by atoms with Gasteiger partial charge in [0.15, 0.2) is 5.69 Å². The molecule has 0 aliphatic carbocycles. The highest BCUT2D eigenvalue weighted by molar-refractivity contribution is 9.10. The molecule has 1 amide bonds. The van der Waals surface area contributed by atoms with Gasteiger partial charge in [-0.2, -0.15) is 0 Å². The molecule has 0 unspecified atom stereocenters. The number of hydrogen-bond donors (Lipinski definition) is 2. The topological polar surface area (TPSA) is 81.2 Å². The number of anilines is 2. The minimum atomic E-state index is -0.327. The van der Waals surface area contributed by atoms with Gasteiger partial charge in [-0.05, 0) is 41.1 Å². The van der Waals surface area contributed by atoms with Gasteiger partial charge in [-0.1, -0.05) is 5.16 Å². The summed E-state index contributed by atoms with van der Waals surface area (Å²) in [5.74, 6) is 0.263.